The van der Waals surface area contributed by atoms with Gasteiger partial charge in [0.25, 0.3) is 0 Å². The van der Waals surface area contributed by atoms with E-state index >= 15 is 0 Å². The highest BCUT2D eigenvalue weighted by atomic mass is 16.1. The molecule has 0 spiro atoms. The molecule has 1 aromatic carbocycles. The van der Waals surface area contributed by atoms with Crippen LogP contribution >= 0.6 is 0 Å². The van der Waals surface area contributed by atoms with Crippen molar-refractivity contribution in [3.8, 4) is 0 Å². The van der Waals surface area contributed by atoms with Crippen LogP contribution in [-0.4, -0.2) is 12.6 Å². The van der Waals surface area contributed by atoms with E-state index in [1.54, 1.807) is 13.0 Å². The van der Waals surface area contributed by atoms with Crippen LogP contribution in [0.4, 0.5) is 0 Å². The molecule has 2 heteroatoms. The van der Waals surface area contributed by atoms with Crippen molar-refractivity contribution < 1.29 is 9.59 Å². The van der Waals surface area contributed by atoms with Crippen molar-refractivity contribution in [1.82, 2.24) is 0 Å². The van der Waals surface area contributed by atoms with Crippen LogP contribution in [0.1, 0.15) is 34.3 Å². The summed E-state index contributed by atoms with van der Waals surface area (Å²) in [6.45, 7) is 3.70. The summed E-state index contributed by atoms with van der Waals surface area (Å²) in [5.74, 6) is -0.207. The lowest BCUT2D eigenvalue weighted by Gasteiger charge is -2.10. The van der Waals surface area contributed by atoms with Gasteiger partial charge in [-0.25, -0.2) is 0 Å². The first kappa shape index (κ1) is 9.65. The molecule has 0 aromatic heterocycles. The highest BCUT2D eigenvalue weighted by molar-refractivity contribution is 5.81. The molecule has 1 unspecified atom stereocenters. The summed E-state index contributed by atoms with van der Waals surface area (Å²) in [6.07, 6.45) is 1.65. The number of aldehydes is 2. The van der Waals surface area contributed by atoms with Gasteiger partial charge in [0.15, 0.2) is 0 Å². The van der Waals surface area contributed by atoms with Gasteiger partial charge in [-0.1, -0.05) is 25.1 Å². The lowest BCUT2D eigenvalue weighted by Crippen LogP contribution is -2.02. The van der Waals surface area contributed by atoms with E-state index in [-0.39, 0.29) is 5.92 Å². The van der Waals surface area contributed by atoms with Crippen LogP contribution in [0.25, 0.3) is 0 Å². The first-order chi connectivity index (χ1) is 6.20. The quantitative estimate of drug-likeness (QED) is 0.661. The fourth-order valence-electron chi connectivity index (χ4n) is 1.50. The summed E-state index contributed by atoms with van der Waals surface area (Å²) in [6, 6.07) is 5.46. The zero-order valence-electron chi connectivity index (χ0n) is 7.78. The largest absolute Gasteiger partial charge is 0.303 e. The zero-order valence-corrected chi connectivity index (χ0v) is 7.78. The molecule has 1 aromatic rings. The molecule has 0 heterocycles. The normalized spacial score (nSPS) is 12.2. The summed E-state index contributed by atoms with van der Waals surface area (Å²) in [7, 11) is 0. The van der Waals surface area contributed by atoms with Crippen molar-refractivity contribution >= 4 is 12.6 Å². The summed E-state index contributed by atoms with van der Waals surface area (Å²) in [4.78, 5) is 21.3. The van der Waals surface area contributed by atoms with Gasteiger partial charge in [-0.15, -0.1) is 0 Å². The number of hydrogen-bond donors (Lipinski definition) is 0. The highest BCUT2D eigenvalue weighted by Gasteiger charge is 2.11. The third-order valence-corrected chi connectivity index (χ3v) is 2.14. The van der Waals surface area contributed by atoms with Gasteiger partial charge in [0.05, 0.1) is 0 Å². The van der Waals surface area contributed by atoms with E-state index in [2.05, 4.69) is 0 Å². The fourth-order valence-corrected chi connectivity index (χ4v) is 1.50. The highest BCUT2D eigenvalue weighted by Crippen LogP contribution is 2.20. The topological polar surface area (TPSA) is 34.1 Å². The molecule has 0 amide bonds. The molecule has 13 heavy (non-hydrogen) atoms. The molecule has 0 N–H and O–H groups in total. The second kappa shape index (κ2) is 3.99. The molecule has 0 radical (unpaired) electrons. The van der Waals surface area contributed by atoms with Crippen LogP contribution in [0, 0.1) is 6.92 Å². The van der Waals surface area contributed by atoms with Gasteiger partial charge in [-0.2, -0.15) is 0 Å². The van der Waals surface area contributed by atoms with Crippen molar-refractivity contribution in [3.63, 3.8) is 0 Å². The van der Waals surface area contributed by atoms with Crippen molar-refractivity contribution in [2.24, 2.45) is 0 Å². The van der Waals surface area contributed by atoms with Gasteiger partial charge in [-0.05, 0) is 18.1 Å². The summed E-state index contributed by atoms with van der Waals surface area (Å²) in [5.41, 5.74) is 2.44. The lowest BCUT2D eigenvalue weighted by molar-refractivity contribution is -0.108. The minimum atomic E-state index is -0.207. The molecular weight excluding hydrogens is 164 g/mol. The SMILES string of the molecule is Cc1cccc(C=O)c1C(C)C=O. The molecule has 1 rings (SSSR count). The Morgan fingerprint density at radius 1 is 1.31 bits per heavy atom. The number of aryl methyl sites for hydroxylation is 1. The van der Waals surface area contributed by atoms with Gasteiger partial charge < -0.3 is 4.79 Å². The summed E-state index contributed by atoms with van der Waals surface area (Å²) < 4.78 is 0. The van der Waals surface area contributed by atoms with E-state index < -0.39 is 0 Å². The van der Waals surface area contributed by atoms with E-state index in [0.29, 0.717) is 5.56 Å². The average Bonchev–Trinajstić information content (AvgIpc) is 2.16. The summed E-state index contributed by atoms with van der Waals surface area (Å²) >= 11 is 0. The van der Waals surface area contributed by atoms with Gasteiger partial charge in [0.1, 0.15) is 12.6 Å². The molecule has 0 bridgehead atoms. The molecule has 0 saturated heterocycles. The predicted octanol–water partition coefficient (Wildman–Crippen LogP) is 2.11. The van der Waals surface area contributed by atoms with Crippen molar-refractivity contribution in [1.29, 1.82) is 0 Å². The van der Waals surface area contributed by atoms with E-state index in [4.69, 9.17) is 0 Å². The Morgan fingerprint density at radius 2 is 2.00 bits per heavy atom. The second-order valence-corrected chi connectivity index (χ2v) is 3.12. The Kier molecular flexibility index (Phi) is 2.96. The van der Waals surface area contributed by atoms with Gasteiger partial charge in [0.2, 0.25) is 0 Å². The maximum absolute atomic E-state index is 10.7. The van der Waals surface area contributed by atoms with Crippen LogP contribution < -0.4 is 0 Å². The first-order valence-corrected chi connectivity index (χ1v) is 4.20. The monoisotopic (exact) mass is 176 g/mol. The number of carbonyl (C=O) groups excluding carboxylic acids is 2. The third-order valence-electron chi connectivity index (χ3n) is 2.14. The minimum absolute atomic E-state index is 0.207. The van der Waals surface area contributed by atoms with Crippen molar-refractivity contribution in [2.75, 3.05) is 0 Å². The third kappa shape index (κ3) is 1.83. The van der Waals surface area contributed by atoms with E-state index in [0.717, 1.165) is 23.7 Å². The van der Waals surface area contributed by atoms with Crippen molar-refractivity contribution in [2.45, 2.75) is 19.8 Å². The van der Waals surface area contributed by atoms with Gasteiger partial charge >= 0.3 is 0 Å². The number of carbonyl (C=O) groups is 2. The molecule has 0 aliphatic rings. The molecule has 1 atom stereocenters. The van der Waals surface area contributed by atoms with Gasteiger partial charge in [0, 0.05) is 11.5 Å². The van der Waals surface area contributed by atoms with Crippen LogP contribution in [0.5, 0.6) is 0 Å². The van der Waals surface area contributed by atoms with Crippen LogP contribution in [0.2, 0.25) is 0 Å². The Balaban J connectivity index is 3.29. The Morgan fingerprint density at radius 3 is 2.54 bits per heavy atom. The molecule has 0 aliphatic carbocycles. The molecule has 2 nitrogen and oxygen atoms in total. The van der Waals surface area contributed by atoms with Crippen molar-refractivity contribution in [3.05, 3.63) is 34.9 Å². The van der Waals surface area contributed by atoms with Gasteiger partial charge in [-0.3, -0.25) is 4.79 Å². The molecule has 68 valence electrons. The summed E-state index contributed by atoms with van der Waals surface area (Å²) in [5, 5.41) is 0. The Labute approximate surface area is 77.6 Å². The lowest BCUT2D eigenvalue weighted by atomic mass is 9.93. The van der Waals surface area contributed by atoms with E-state index in [1.165, 1.54) is 0 Å². The first-order valence-electron chi connectivity index (χ1n) is 4.20. The standard InChI is InChI=1S/C11H12O2/c1-8-4-3-5-10(7-13)11(8)9(2)6-12/h3-7,9H,1-2H3. The average molecular weight is 176 g/mol. The zero-order chi connectivity index (χ0) is 9.84. The molecular formula is C11H12O2. The maximum Gasteiger partial charge on any atom is 0.150 e. The molecule has 0 aliphatic heterocycles. The smallest absolute Gasteiger partial charge is 0.150 e. The van der Waals surface area contributed by atoms with Crippen LogP contribution in [-0.2, 0) is 4.79 Å². The predicted molar refractivity (Wildman–Crippen MR) is 51.0 cm³/mol. The van der Waals surface area contributed by atoms with E-state index in [9.17, 15) is 9.59 Å². The minimum Gasteiger partial charge on any atom is -0.303 e. The molecule has 0 fully saturated rings. The maximum atomic E-state index is 10.7. The Hall–Kier alpha value is -1.44. The van der Waals surface area contributed by atoms with E-state index in [1.807, 2.05) is 19.1 Å². The number of hydrogen-bond acceptors (Lipinski definition) is 2. The Bertz CT molecular complexity index is 329. The van der Waals surface area contributed by atoms with Crippen LogP contribution in [0.3, 0.4) is 0 Å². The number of rotatable bonds is 3. The number of benzene rings is 1. The fraction of sp³-hybridized carbons (Fsp3) is 0.273. The second-order valence-electron chi connectivity index (χ2n) is 3.12. The van der Waals surface area contributed by atoms with Crippen LogP contribution in [0.15, 0.2) is 18.2 Å². The molecule has 0 saturated carbocycles.